The molecule has 5 nitrogen and oxygen atoms in total. The Labute approximate surface area is 293 Å². The third-order valence-corrected chi connectivity index (χ3v) is 15.0. The number of carbonyl (C=O) groups is 1. The molecule has 14 rings (SSSR count). The maximum atomic E-state index is 13.1. The highest BCUT2D eigenvalue weighted by molar-refractivity contribution is 6.35. The van der Waals surface area contributed by atoms with Crippen molar-refractivity contribution in [3.05, 3.63) is 138 Å². The summed E-state index contributed by atoms with van der Waals surface area (Å²) in [6.45, 7) is 0.630. The number of hydrogen-bond donors (Lipinski definition) is 0. The number of allylic oxidation sites excluding steroid dienone is 6. The Kier molecular flexibility index (Phi) is 4.18. The Bertz CT molecular complexity index is 2890. The van der Waals surface area contributed by atoms with Crippen molar-refractivity contribution in [2.45, 2.75) is 55.3 Å². The Balaban J connectivity index is 1.07. The van der Waals surface area contributed by atoms with E-state index >= 15 is 0 Å². The zero-order chi connectivity index (χ0) is 33.2. The summed E-state index contributed by atoms with van der Waals surface area (Å²) in [5, 5.41) is 13.0. The smallest absolute Gasteiger partial charge is 0.305 e. The maximum Gasteiger partial charge on any atom is 0.305 e. The normalized spacial score (nSPS) is 29.1. The van der Waals surface area contributed by atoms with Crippen LogP contribution in [0.25, 0.3) is 66.1 Å². The van der Waals surface area contributed by atoms with Crippen LogP contribution in [-0.4, -0.2) is 19.1 Å². The molecule has 5 atom stereocenters. The van der Waals surface area contributed by atoms with Crippen LogP contribution in [0.4, 0.5) is 0 Å². The predicted molar refractivity (Wildman–Crippen MR) is 200 cm³/mol. The van der Waals surface area contributed by atoms with Gasteiger partial charge in [-0.25, -0.2) is 0 Å². The Hall–Kier alpha value is -5.38. The fourth-order valence-corrected chi connectivity index (χ4v) is 14.0. The predicted octanol–water partition coefficient (Wildman–Crippen LogP) is 10.1. The van der Waals surface area contributed by atoms with Crippen molar-refractivity contribution in [1.29, 1.82) is 0 Å². The van der Waals surface area contributed by atoms with Crippen LogP contribution in [-0.2, 0) is 33.2 Å². The van der Waals surface area contributed by atoms with E-state index in [1.54, 1.807) is 71.3 Å². The van der Waals surface area contributed by atoms with Crippen LogP contribution < -0.4 is 0 Å². The summed E-state index contributed by atoms with van der Waals surface area (Å²) in [7, 11) is 0. The number of azide groups is 1. The lowest BCUT2D eigenvalue weighted by atomic mass is 9.70. The zero-order valence-corrected chi connectivity index (χ0v) is 28.0. The molecule has 5 heteroatoms. The van der Waals surface area contributed by atoms with Gasteiger partial charge in [0.15, 0.2) is 0 Å². The topological polar surface area (TPSA) is 75.1 Å². The molecule has 242 valence electrons. The fraction of sp³-hybridized carbons (Fsp3) is 0.283. The molecule has 51 heavy (non-hydrogen) atoms. The molecule has 5 aromatic rings. The van der Waals surface area contributed by atoms with E-state index < -0.39 is 0 Å². The number of esters is 1. The molecule has 0 bridgehead atoms. The van der Waals surface area contributed by atoms with E-state index in [1.165, 1.54) is 33.4 Å². The Morgan fingerprint density at radius 1 is 0.882 bits per heavy atom. The number of carbonyl (C=O) groups excluding carboxylic acids is 1. The van der Waals surface area contributed by atoms with Crippen LogP contribution in [0.1, 0.15) is 92.8 Å². The number of nitrogens with zero attached hydrogens (tertiary/aromatic N) is 3. The molecule has 0 aromatic heterocycles. The van der Waals surface area contributed by atoms with Gasteiger partial charge in [-0.1, -0.05) is 84.0 Å². The standard InChI is InChI=1S/C46H31N3O2/c47-49-48-14-5-15-51-30(50)8-4-12-45(29-6-2-1-3-7-29)44-13-11-24-18-27-19-25-16-22-9-10-23-17-26-20-28(21-44)36-35(26)38-32(23)31(22)37-33(25)34(27)40-41(39(37)38)43(36)46(44,45)42(24)40/h1-3,6-7,9-11,13,16-18,21-22,31H,4-5,8,12,14-15,19-20H2. The molecule has 0 N–H and O–H groups in total. The van der Waals surface area contributed by atoms with E-state index in [0.717, 1.165) is 25.7 Å². The molecule has 9 aliphatic rings. The van der Waals surface area contributed by atoms with Crippen LogP contribution in [0.2, 0.25) is 0 Å². The van der Waals surface area contributed by atoms with Gasteiger partial charge in [0, 0.05) is 46.0 Å². The van der Waals surface area contributed by atoms with Crippen molar-refractivity contribution in [2.75, 3.05) is 13.2 Å². The summed E-state index contributed by atoms with van der Waals surface area (Å²) < 4.78 is 5.63. The summed E-state index contributed by atoms with van der Waals surface area (Å²) in [6.07, 6.45) is 20.0. The number of ether oxygens (including phenoxy) is 1. The largest absolute Gasteiger partial charge is 0.466 e. The molecule has 5 unspecified atom stereocenters. The quantitative estimate of drug-likeness (QED) is 0.0395. The van der Waals surface area contributed by atoms with Crippen molar-refractivity contribution in [3.63, 3.8) is 0 Å². The SMILES string of the molecule is [N-]=[N+]=NCCCOC(=O)CCCC1(c2ccccc2)C23C=Cc4cc5c6c7c8c9c%10c%11c(cc%12c%10c(c%10c9c6c4C%1021)C(=C3)C%12)C=CC(C=C7C5)C%118. The highest BCUT2D eigenvalue weighted by Crippen LogP contribution is 2.91. The van der Waals surface area contributed by atoms with E-state index in [4.69, 9.17) is 10.3 Å². The highest BCUT2D eigenvalue weighted by Gasteiger charge is 2.89. The van der Waals surface area contributed by atoms with Crippen molar-refractivity contribution in [2.24, 2.45) is 16.4 Å². The average Bonchev–Trinajstić information content (AvgIpc) is 3.65. The summed E-state index contributed by atoms with van der Waals surface area (Å²) in [5.41, 5.74) is 27.9. The molecule has 1 spiro atoms. The second-order valence-electron chi connectivity index (χ2n) is 16.6. The Morgan fingerprint density at radius 2 is 1.69 bits per heavy atom. The van der Waals surface area contributed by atoms with Crippen molar-refractivity contribution in [1.82, 2.24) is 0 Å². The van der Waals surface area contributed by atoms with Gasteiger partial charge in [0.2, 0.25) is 0 Å². The molecule has 0 amide bonds. The molecule has 9 aliphatic carbocycles. The van der Waals surface area contributed by atoms with Crippen molar-refractivity contribution in [3.8, 4) is 0 Å². The third-order valence-electron chi connectivity index (χ3n) is 15.0. The average molecular weight is 658 g/mol. The van der Waals surface area contributed by atoms with Crippen molar-refractivity contribution >= 4 is 61.6 Å². The number of rotatable bonds is 9. The third kappa shape index (κ3) is 2.40. The lowest BCUT2D eigenvalue weighted by molar-refractivity contribution is -0.143. The summed E-state index contributed by atoms with van der Waals surface area (Å²) >= 11 is 0. The first kappa shape index (κ1) is 26.4. The summed E-state index contributed by atoms with van der Waals surface area (Å²) in [6, 6.07) is 16.5. The number of benzene rings is 5. The van der Waals surface area contributed by atoms with Gasteiger partial charge < -0.3 is 4.74 Å². The van der Waals surface area contributed by atoms with Crippen LogP contribution >= 0.6 is 0 Å². The van der Waals surface area contributed by atoms with Gasteiger partial charge in [0.1, 0.15) is 0 Å². The van der Waals surface area contributed by atoms with Crippen LogP contribution in [0, 0.1) is 11.3 Å². The minimum Gasteiger partial charge on any atom is -0.466 e. The number of hydrogen-bond acceptors (Lipinski definition) is 3. The minimum absolute atomic E-state index is 0.163. The van der Waals surface area contributed by atoms with Gasteiger partial charge in [0.05, 0.1) is 6.61 Å². The second-order valence-corrected chi connectivity index (χ2v) is 16.6. The summed E-state index contributed by atoms with van der Waals surface area (Å²) in [5.74, 6) is 0.681. The van der Waals surface area contributed by atoms with E-state index in [0.29, 0.717) is 31.2 Å². The second kappa shape index (κ2) is 8.06. The zero-order valence-electron chi connectivity index (χ0n) is 28.0. The van der Waals surface area contributed by atoms with E-state index in [-0.39, 0.29) is 28.8 Å². The van der Waals surface area contributed by atoms with Crippen LogP contribution in [0.15, 0.2) is 71.9 Å². The van der Waals surface area contributed by atoms with Crippen LogP contribution in [0.5, 0.6) is 0 Å². The molecule has 0 aliphatic heterocycles. The molecular weight excluding hydrogens is 627 g/mol. The monoisotopic (exact) mass is 657 g/mol. The first-order chi connectivity index (χ1) is 25.1. The van der Waals surface area contributed by atoms with Gasteiger partial charge in [-0.2, -0.15) is 0 Å². The van der Waals surface area contributed by atoms with Crippen molar-refractivity contribution < 1.29 is 9.53 Å². The molecular formula is C46H31N3O2. The molecule has 0 radical (unpaired) electrons. The van der Waals surface area contributed by atoms with E-state index in [2.05, 4.69) is 88.9 Å². The first-order valence-corrected chi connectivity index (χ1v) is 18.8. The lowest BCUT2D eigenvalue weighted by Gasteiger charge is -2.32. The molecule has 0 heterocycles. The van der Waals surface area contributed by atoms with Gasteiger partial charge in [-0.3, -0.25) is 4.79 Å². The van der Waals surface area contributed by atoms with Gasteiger partial charge in [-0.15, -0.1) is 0 Å². The fourth-order valence-electron chi connectivity index (χ4n) is 14.0. The van der Waals surface area contributed by atoms with Crippen LogP contribution in [0.3, 0.4) is 0 Å². The lowest BCUT2D eigenvalue weighted by Crippen LogP contribution is -2.25. The molecule has 5 aromatic carbocycles. The van der Waals surface area contributed by atoms with Gasteiger partial charge in [0.25, 0.3) is 0 Å². The minimum atomic E-state index is -0.228. The van der Waals surface area contributed by atoms with Gasteiger partial charge in [-0.05, 0) is 142 Å². The Morgan fingerprint density at radius 3 is 2.57 bits per heavy atom. The maximum absolute atomic E-state index is 13.1. The molecule has 1 fully saturated rings. The van der Waals surface area contributed by atoms with E-state index in [9.17, 15) is 4.79 Å². The van der Waals surface area contributed by atoms with E-state index in [1.807, 2.05) is 0 Å². The van der Waals surface area contributed by atoms with Gasteiger partial charge >= 0.3 is 5.97 Å². The highest BCUT2D eigenvalue weighted by atomic mass is 16.5. The molecule has 0 saturated heterocycles. The molecule has 1 saturated carbocycles. The summed E-state index contributed by atoms with van der Waals surface area (Å²) in [4.78, 5) is 16.0. The first-order valence-electron chi connectivity index (χ1n) is 18.8.